The molecule has 2 aliphatic heterocycles. The molecule has 7 nitrogen and oxygen atoms in total. The Hall–Kier alpha value is -3.32. The van der Waals surface area contributed by atoms with Gasteiger partial charge in [0.1, 0.15) is 6.67 Å². The fourth-order valence-corrected chi connectivity index (χ4v) is 4.74. The van der Waals surface area contributed by atoms with Crippen molar-refractivity contribution in [1.82, 2.24) is 9.58 Å². The minimum Gasteiger partial charge on any atom is -0.502 e. The summed E-state index contributed by atoms with van der Waals surface area (Å²) in [4.78, 5) is 27.1. The second-order valence-electron chi connectivity index (χ2n) is 8.44. The molecule has 1 aromatic carbocycles. The third-order valence-corrected chi connectivity index (χ3v) is 6.33. The van der Waals surface area contributed by atoms with Crippen LogP contribution in [0.25, 0.3) is 0 Å². The molecule has 3 atom stereocenters. The highest BCUT2D eigenvalue weighted by molar-refractivity contribution is 5.96. The Bertz CT molecular complexity index is 1150. The molecular weight excluding hydrogens is 394 g/mol. The lowest BCUT2D eigenvalue weighted by molar-refractivity contribution is 0.0384. The van der Waals surface area contributed by atoms with Gasteiger partial charge in [-0.25, -0.2) is 0 Å². The van der Waals surface area contributed by atoms with Gasteiger partial charge in [-0.1, -0.05) is 48.6 Å². The lowest BCUT2D eigenvalue weighted by Crippen LogP contribution is -2.58. The number of allylic oxidation sites excluding steroid dienone is 2. The summed E-state index contributed by atoms with van der Waals surface area (Å²) >= 11 is 0. The van der Waals surface area contributed by atoms with Crippen LogP contribution in [0.2, 0.25) is 0 Å². The molecule has 2 aromatic rings. The van der Waals surface area contributed by atoms with Gasteiger partial charge in [-0.15, -0.1) is 0 Å². The van der Waals surface area contributed by atoms with E-state index in [9.17, 15) is 14.7 Å². The Morgan fingerprint density at radius 2 is 1.87 bits per heavy atom. The first kappa shape index (κ1) is 19.6. The molecule has 0 spiro atoms. The number of benzene rings is 1. The molecular formula is C24H25N3O4. The van der Waals surface area contributed by atoms with Crippen LogP contribution in [0, 0.1) is 5.92 Å². The zero-order valence-electron chi connectivity index (χ0n) is 17.5. The number of hydrogen-bond donors (Lipinski definition) is 1. The topological polar surface area (TPSA) is 75.0 Å². The zero-order chi connectivity index (χ0) is 21.7. The van der Waals surface area contributed by atoms with E-state index in [4.69, 9.17) is 4.74 Å². The molecule has 3 unspecified atom stereocenters. The summed E-state index contributed by atoms with van der Waals surface area (Å²) < 4.78 is 7.87. The lowest BCUT2D eigenvalue weighted by Gasteiger charge is -2.47. The SMILES string of the molecule is CC(C)N1CN(C2c3ccccc3COC3C=CC=CC32)n2ccc(=O)c(O)c2C1=O. The van der Waals surface area contributed by atoms with Gasteiger partial charge in [-0.2, -0.15) is 0 Å². The van der Waals surface area contributed by atoms with Crippen molar-refractivity contribution in [3.8, 4) is 5.75 Å². The summed E-state index contributed by atoms with van der Waals surface area (Å²) in [5, 5.41) is 12.6. The van der Waals surface area contributed by atoms with Crippen LogP contribution in [0.4, 0.5) is 0 Å². The highest BCUT2D eigenvalue weighted by atomic mass is 16.5. The van der Waals surface area contributed by atoms with E-state index in [-0.39, 0.29) is 35.7 Å². The summed E-state index contributed by atoms with van der Waals surface area (Å²) in [6.07, 6.45) is 9.66. The molecule has 1 aromatic heterocycles. The molecule has 5 rings (SSSR count). The zero-order valence-corrected chi connectivity index (χ0v) is 17.5. The second kappa shape index (κ2) is 7.42. The quantitative estimate of drug-likeness (QED) is 0.810. The number of rotatable bonds is 2. The number of amides is 1. The lowest BCUT2D eigenvalue weighted by atomic mass is 9.84. The number of aromatic nitrogens is 1. The Labute approximate surface area is 180 Å². The van der Waals surface area contributed by atoms with Gasteiger partial charge in [0.2, 0.25) is 5.43 Å². The Balaban J connectivity index is 1.74. The molecule has 0 fully saturated rings. The molecule has 0 saturated heterocycles. The summed E-state index contributed by atoms with van der Waals surface area (Å²) in [6, 6.07) is 9.19. The fraction of sp³-hybridized carbons (Fsp3) is 0.333. The number of nitrogens with zero attached hydrogens (tertiary/aromatic N) is 3. The van der Waals surface area contributed by atoms with Crippen molar-refractivity contribution in [2.45, 2.75) is 38.6 Å². The molecule has 0 saturated carbocycles. The summed E-state index contributed by atoms with van der Waals surface area (Å²) in [7, 11) is 0. The van der Waals surface area contributed by atoms with Crippen molar-refractivity contribution in [2.24, 2.45) is 5.92 Å². The maximum absolute atomic E-state index is 13.2. The van der Waals surface area contributed by atoms with Gasteiger partial charge < -0.3 is 14.7 Å². The maximum Gasteiger partial charge on any atom is 0.278 e. The average Bonchev–Trinajstić information content (AvgIpc) is 2.93. The van der Waals surface area contributed by atoms with E-state index in [1.54, 1.807) is 15.8 Å². The largest absolute Gasteiger partial charge is 0.502 e. The molecule has 160 valence electrons. The van der Waals surface area contributed by atoms with Crippen LogP contribution in [-0.4, -0.2) is 39.4 Å². The predicted octanol–water partition coefficient (Wildman–Crippen LogP) is 2.70. The van der Waals surface area contributed by atoms with Gasteiger partial charge in [0.05, 0.1) is 18.8 Å². The smallest absolute Gasteiger partial charge is 0.278 e. The molecule has 1 aliphatic carbocycles. The van der Waals surface area contributed by atoms with E-state index < -0.39 is 11.2 Å². The van der Waals surface area contributed by atoms with E-state index in [1.807, 2.05) is 38.1 Å². The van der Waals surface area contributed by atoms with Gasteiger partial charge in [0.25, 0.3) is 5.91 Å². The predicted molar refractivity (Wildman–Crippen MR) is 116 cm³/mol. The number of aromatic hydroxyl groups is 1. The van der Waals surface area contributed by atoms with Gasteiger partial charge >= 0.3 is 0 Å². The molecule has 3 aliphatic rings. The van der Waals surface area contributed by atoms with Crippen LogP contribution >= 0.6 is 0 Å². The van der Waals surface area contributed by atoms with E-state index in [2.05, 4.69) is 29.3 Å². The summed E-state index contributed by atoms with van der Waals surface area (Å²) in [5.74, 6) is -0.878. The van der Waals surface area contributed by atoms with Crippen LogP contribution in [0.5, 0.6) is 5.75 Å². The van der Waals surface area contributed by atoms with Crippen molar-refractivity contribution in [2.75, 3.05) is 11.7 Å². The number of ether oxygens (including phenoxy) is 1. The first-order valence-electron chi connectivity index (χ1n) is 10.5. The Morgan fingerprint density at radius 1 is 1.10 bits per heavy atom. The third-order valence-electron chi connectivity index (χ3n) is 6.33. The Kier molecular flexibility index (Phi) is 4.70. The van der Waals surface area contributed by atoms with Gasteiger partial charge in [-0.3, -0.25) is 19.3 Å². The first-order valence-corrected chi connectivity index (χ1v) is 10.5. The highest BCUT2D eigenvalue weighted by Crippen LogP contribution is 2.41. The van der Waals surface area contributed by atoms with E-state index in [1.165, 1.54) is 6.07 Å². The van der Waals surface area contributed by atoms with E-state index in [0.717, 1.165) is 11.1 Å². The monoisotopic (exact) mass is 419 g/mol. The average molecular weight is 419 g/mol. The van der Waals surface area contributed by atoms with Crippen molar-refractivity contribution in [3.63, 3.8) is 0 Å². The van der Waals surface area contributed by atoms with Crippen LogP contribution < -0.4 is 10.4 Å². The molecule has 1 amide bonds. The van der Waals surface area contributed by atoms with E-state index in [0.29, 0.717) is 13.3 Å². The number of pyridine rings is 1. The summed E-state index contributed by atoms with van der Waals surface area (Å²) in [6.45, 7) is 4.68. The molecule has 31 heavy (non-hydrogen) atoms. The highest BCUT2D eigenvalue weighted by Gasteiger charge is 2.42. The normalized spacial score (nSPS) is 24.6. The number of carbonyl (C=O) groups excluding carboxylic acids is 1. The van der Waals surface area contributed by atoms with Crippen molar-refractivity contribution in [1.29, 1.82) is 0 Å². The number of hydrogen-bond acceptors (Lipinski definition) is 5. The maximum atomic E-state index is 13.2. The number of fused-ring (bicyclic) bond motifs is 3. The molecule has 0 bridgehead atoms. The minimum absolute atomic E-state index is 0.00183. The third kappa shape index (κ3) is 3.08. The van der Waals surface area contributed by atoms with Crippen molar-refractivity contribution in [3.05, 3.63) is 87.9 Å². The fourth-order valence-electron chi connectivity index (χ4n) is 4.74. The van der Waals surface area contributed by atoms with Crippen molar-refractivity contribution >= 4 is 5.91 Å². The second-order valence-corrected chi connectivity index (χ2v) is 8.44. The Morgan fingerprint density at radius 3 is 2.68 bits per heavy atom. The first-order chi connectivity index (χ1) is 15.0. The number of carbonyl (C=O) groups is 1. The standard InChI is InChI=1S/C24H25N3O4/c1-15(2)25-14-27(26-12-11-19(28)23(29)22(26)24(25)30)21-17-8-4-3-7-16(17)13-31-20-10-6-5-9-18(20)21/h3-12,15,18,20-21,29H,13-14H2,1-2H3. The molecule has 3 heterocycles. The molecule has 7 heteroatoms. The van der Waals surface area contributed by atoms with E-state index >= 15 is 0 Å². The van der Waals surface area contributed by atoms with Crippen LogP contribution in [0.15, 0.2) is 65.6 Å². The summed E-state index contributed by atoms with van der Waals surface area (Å²) in [5.41, 5.74) is 1.63. The molecule has 1 N–H and O–H groups in total. The van der Waals surface area contributed by atoms with Crippen LogP contribution in [0.3, 0.4) is 0 Å². The van der Waals surface area contributed by atoms with Crippen LogP contribution in [0.1, 0.15) is 41.5 Å². The van der Waals surface area contributed by atoms with Crippen molar-refractivity contribution < 1.29 is 14.6 Å². The van der Waals surface area contributed by atoms with Gasteiger partial charge in [-0.05, 0) is 25.0 Å². The van der Waals surface area contributed by atoms with Crippen LogP contribution in [-0.2, 0) is 11.3 Å². The van der Waals surface area contributed by atoms with Gasteiger partial charge in [0, 0.05) is 24.2 Å². The van der Waals surface area contributed by atoms with Gasteiger partial charge in [0.15, 0.2) is 11.4 Å². The molecule has 0 radical (unpaired) electrons. The minimum atomic E-state index is -0.562.